The van der Waals surface area contributed by atoms with Gasteiger partial charge in [-0.25, -0.2) is 4.98 Å². The molecular weight excluding hydrogens is 262 g/mol. The summed E-state index contributed by atoms with van der Waals surface area (Å²) in [6.07, 6.45) is 4.71. The first kappa shape index (κ1) is 14.4. The highest BCUT2D eigenvalue weighted by atomic mass is 16.6. The molecule has 2 rings (SSSR count). The van der Waals surface area contributed by atoms with Crippen molar-refractivity contribution in [3.8, 4) is 5.88 Å². The summed E-state index contributed by atoms with van der Waals surface area (Å²) >= 11 is 0. The maximum Gasteiger partial charge on any atom is 0.372 e. The van der Waals surface area contributed by atoms with Crippen LogP contribution in [0.1, 0.15) is 19.3 Å². The molecule has 1 aromatic heterocycles. The van der Waals surface area contributed by atoms with Crippen LogP contribution in [0.4, 0.5) is 11.5 Å². The first-order chi connectivity index (χ1) is 9.72. The van der Waals surface area contributed by atoms with Gasteiger partial charge in [0.1, 0.15) is 6.33 Å². The molecule has 0 amide bonds. The average molecular weight is 281 g/mol. The van der Waals surface area contributed by atoms with Gasteiger partial charge in [0.25, 0.3) is 5.88 Å². The fraction of sp³-hybridized carbons (Fsp3) is 0.667. The summed E-state index contributed by atoms with van der Waals surface area (Å²) in [4.78, 5) is 20.6. The maximum absolute atomic E-state index is 11.0. The fourth-order valence-corrected chi connectivity index (χ4v) is 2.32. The van der Waals surface area contributed by atoms with Crippen molar-refractivity contribution in [3.05, 3.63) is 16.4 Å². The summed E-state index contributed by atoms with van der Waals surface area (Å²) in [7, 11) is 1.35. The van der Waals surface area contributed by atoms with E-state index in [0.717, 1.165) is 26.1 Å². The van der Waals surface area contributed by atoms with Crippen molar-refractivity contribution < 1.29 is 9.66 Å². The van der Waals surface area contributed by atoms with Crippen LogP contribution in [-0.4, -0.2) is 53.1 Å². The topological polar surface area (TPSA) is 93.4 Å². The van der Waals surface area contributed by atoms with Gasteiger partial charge < -0.3 is 15.0 Å². The number of rotatable bonds is 7. The summed E-state index contributed by atoms with van der Waals surface area (Å²) in [5.41, 5.74) is -0.212. The molecule has 8 nitrogen and oxygen atoms in total. The lowest BCUT2D eigenvalue weighted by molar-refractivity contribution is -0.385. The van der Waals surface area contributed by atoms with Gasteiger partial charge in [0.2, 0.25) is 5.82 Å². The molecule has 1 saturated heterocycles. The number of aromatic nitrogens is 2. The molecule has 0 radical (unpaired) electrons. The van der Waals surface area contributed by atoms with E-state index in [4.69, 9.17) is 4.74 Å². The van der Waals surface area contributed by atoms with Crippen LogP contribution in [-0.2, 0) is 0 Å². The van der Waals surface area contributed by atoms with Crippen LogP contribution in [0.3, 0.4) is 0 Å². The molecule has 0 spiro atoms. The number of likely N-dealkylation sites (tertiary alicyclic amines) is 1. The third-order valence-electron chi connectivity index (χ3n) is 3.31. The number of nitro groups is 1. The molecule has 20 heavy (non-hydrogen) atoms. The van der Waals surface area contributed by atoms with Gasteiger partial charge in [0.15, 0.2) is 0 Å². The second kappa shape index (κ2) is 6.99. The van der Waals surface area contributed by atoms with E-state index in [2.05, 4.69) is 20.2 Å². The summed E-state index contributed by atoms with van der Waals surface area (Å²) in [5.74, 6) is 0.190. The molecule has 1 aliphatic rings. The molecule has 1 N–H and O–H groups in total. The van der Waals surface area contributed by atoms with Crippen LogP contribution >= 0.6 is 0 Å². The van der Waals surface area contributed by atoms with E-state index in [9.17, 15) is 10.1 Å². The van der Waals surface area contributed by atoms with Crippen molar-refractivity contribution >= 4 is 11.5 Å². The van der Waals surface area contributed by atoms with Gasteiger partial charge in [-0.1, -0.05) is 0 Å². The lowest BCUT2D eigenvalue weighted by Crippen LogP contribution is -2.22. The SMILES string of the molecule is COc1ncnc(NCCCN2CCCC2)c1[N+](=O)[O-]. The third kappa shape index (κ3) is 3.53. The van der Waals surface area contributed by atoms with E-state index in [-0.39, 0.29) is 17.4 Å². The zero-order valence-electron chi connectivity index (χ0n) is 11.5. The molecule has 110 valence electrons. The van der Waals surface area contributed by atoms with E-state index in [1.54, 1.807) is 0 Å². The Hall–Kier alpha value is -1.96. The largest absolute Gasteiger partial charge is 0.476 e. The molecule has 1 aliphatic heterocycles. The Bertz CT molecular complexity index is 462. The van der Waals surface area contributed by atoms with Gasteiger partial charge in [-0.2, -0.15) is 4.98 Å². The number of hydrogen-bond donors (Lipinski definition) is 1. The number of nitrogens with one attached hydrogen (secondary N) is 1. The minimum Gasteiger partial charge on any atom is -0.476 e. The van der Waals surface area contributed by atoms with Crippen molar-refractivity contribution in [1.29, 1.82) is 0 Å². The minimum absolute atomic E-state index is 0.0213. The lowest BCUT2D eigenvalue weighted by atomic mass is 10.3. The third-order valence-corrected chi connectivity index (χ3v) is 3.31. The highest BCUT2D eigenvalue weighted by molar-refractivity contribution is 5.60. The molecule has 0 atom stereocenters. The highest BCUT2D eigenvalue weighted by Gasteiger charge is 2.23. The number of methoxy groups -OCH3 is 1. The second-order valence-electron chi connectivity index (χ2n) is 4.67. The molecule has 0 unspecified atom stereocenters. The predicted octanol–water partition coefficient (Wildman–Crippen LogP) is 1.29. The molecule has 0 aromatic carbocycles. The van der Waals surface area contributed by atoms with Crippen LogP contribution in [0.15, 0.2) is 6.33 Å². The summed E-state index contributed by atoms with van der Waals surface area (Å²) < 4.78 is 4.89. The summed E-state index contributed by atoms with van der Waals surface area (Å²) in [6.45, 7) is 3.95. The van der Waals surface area contributed by atoms with Crippen molar-refractivity contribution in [3.63, 3.8) is 0 Å². The molecule has 8 heteroatoms. The standard InChI is InChI=1S/C12H19N5O3/c1-20-12-10(17(18)19)11(14-9-15-12)13-5-4-8-16-6-2-3-7-16/h9H,2-8H2,1H3,(H,13,14,15). The Labute approximate surface area is 117 Å². The number of ether oxygens (including phenoxy) is 1. The lowest BCUT2D eigenvalue weighted by Gasteiger charge is -2.14. The molecule has 0 bridgehead atoms. The van der Waals surface area contributed by atoms with Gasteiger partial charge >= 0.3 is 5.69 Å². The molecule has 0 aliphatic carbocycles. The highest BCUT2D eigenvalue weighted by Crippen LogP contribution is 2.30. The van der Waals surface area contributed by atoms with Gasteiger partial charge in [-0.3, -0.25) is 10.1 Å². The van der Waals surface area contributed by atoms with E-state index in [0.29, 0.717) is 6.54 Å². The number of hydrogen-bond acceptors (Lipinski definition) is 7. The summed E-state index contributed by atoms with van der Waals surface area (Å²) in [5, 5.41) is 14.0. The van der Waals surface area contributed by atoms with Crippen LogP contribution in [0, 0.1) is 10.1 Å². The van der Waals surface area contributed by atoms with Crippen LogP contribution in [0.25, 0.3) is 0 Å². The Morgan fingerprint density at radius 2 is 2.20 bits per heavy atom. The molecule has 2 heterocycles. The molecule has 1 aromatic rings. The van der Waals surface area contributed by atoms with E-state index < -0.39 is 4.92 Å². The first-order valence-corrected chi connectivity index (χ1v) is 6.72. The van der Waals surface area contributed by atoms with E-state index in [1.165, 1.54) is 26.3 Å². The molecular formula is C12H19N5O3. The summed E-state index contributed by atoms with van der Waals surface area (Å²) in [6, 6.07) is 0. The van der Waals surface area contributed by atoms with Crippen molar-refractivity contribution in [2.24, 2.45) is 0 Å². The normalized spacial score (nSPS) is 15.2. The van der Waals surface area contributed by atoms with Crippen molar-refractivity contribution in [1.82, 2.24) is 14.9 Å². The second-order valence-corrected chi connectivity index (χ2v) is 4.67. The van der Waals surface area contributed by atoms with Crippen LogP contribution < -0.4 is 10.1 Å². The number of nitrogens with zero attached hydrogens (tertiary/aromatic N) is 4. The van der Waals surface area contributed by atoms with Crippen molar-refractivity contribution in [2.45, 2.75) is 19.3 Å². The maximum atomic E-state index is 11.0. The number of anilines is 1. The predicted molar refractivity (Wildman–Crippen MR) is 74.0 cm³/mol. The Morgan fingerprint density at radius 3 is 2.85 bits per heavy atom. The monoisotopic (exact) mass is 281 g/mol. The minimum atomic E-state index is -0.526. The average Bonchev–Trinajstić information content (AvgIpc) is 2.96. The Kier molecular flexibility index (Phi) is 5.05. The van der Waals surface area contributed by atoms with Crippen LogP contribution in [0.5, 0.6) is 5.88 Å². The van der Waals surface area contributed by atoms with Crippen molar-refractivity contribution in [2.75, 3.05) is 38.6 Å². The Morgan fingerprint density at radius 1 is 1.45 bits per heavy atom. The van der Waals surface area contributed by atoms with E-state index >= 15 is 0 Å². The van der Waals surface area contributed by atoms with Crippen LogP contribution in [0.2, 0.25) is 0 Å². The molecule has 0 saturated carbocycles. The van der Waals surface area contributed by atoms with Gasteiger partial charge in [-0.05, 0) is 38.9 Å². The fourth-order valence-electron chi connectivity index (χ4n) is 2.32. The zero-order valence-corrected chi connectivity index (χ0v) is 11.5. The zero-order chi connectivity index (χ0) is 14.4. The Balaban J connectivity index is 1.89. The molecule has 1 fully saturated rings. The smallest absolute Gasteiger partial charge is 0.372 e. The van der Waals surface area contributed by atoms with Gasteiger partial charge in [0, 0.05) is 6.54 Å². The quantitative estimate of drug-likeness (QED) is 0.457. The van der Waals surface area contributed by atoms with E-state index in [1.807, 2.05) is 0 Å². The van der Waals surface area contributed by atoms with Gasteiger partial charge in [-0.15, -0.1) is 0 Å². The van der Waals surface area contributed by atoms with Gasteiger partial charge in [0.05, 0.1) is 12.0 Å². The first-order valence-electron chi connectivity index (χ1n) is 6.72.